The van der Waals surface area contributed by atoms with Crippen LogP contribution in [0.4, 0.5) is 0 Å². The van der Waals surface area contributed by atoms with Gasteiger partial charge in [0.1, 0.15) is 19.8 Å². The van der Waals surface area contributed by atoms with Crippen molar-refractivity contribution < 1.29 is 38.1 Å². The summed E-state index contributed by atoms with van der Waals surface area (Å²) >= 11 is 0. The van der Waals surface area contributed by atoms with Crippen LogP contribution in [0.5, 0.6) is 0 Å². The molecule has 0 aliphatic carbocycles. The number of hydrogen-bond acceptors (Lipinski definition) is 9. The van der Waals surface area contributed by atoms with Gasteiger partial charge >= 0.3 is 17.9 Å². The molecule has 0 saturated heterocycles. The fourth-order valence-corrected chi connectivity index (χ4v) is 7.23. The third kappa shape index (κ3) is 37.0. The highest BCUT2D eigenvalue weighted by Crippen LogP contribution is 2.15. The predicted octanol–water partition coefficient (Wildman–Crippen LogP) is 14.1. The molecule has 0 heterocycles. The maximum Gasteiger partial charge on any atom is 0.338 e. The number of unbranched alkanes of at least 4 members (excludes halogenated alkanes) is 20. The second kappa shape index (κ2) is 42.9. The topological polar surface area (TPSA) is 101 Å². The summed E-state index contributed by atoms with van der Waals surface area (Å²) in [6.45, 7) is 8.50. The molecule has 0 N–H and O–H groups in total. The van der Waals surface area contributed by atoms with Gasteiger partial charge in [0.25, 0.3) is 0 Å². The number of rotatable bonds is 44. The molecule has 0 saturated carbocycles. The minimum atomic E-state index is -0.502. The standard InChI is InChI=1S/C54H93NO8/c1-6-9-12-15-18-19-20-21-22-23-24-25-26-27-28-29-32-38-51(56)61-45-49(47-63-54(58)50-37-35-36-48(43-50)44-55(4)5)46-62-52(57)39-40-53(59-41-33-30-16-13-10-7-2)60-42-34-31-17-14-11-8-3/h18-19,21-22,35-37,43,49,53H,6-17,20,23-34,38-42,44-47H2,1-5H3/b19-18-,22-21-. The van der Waals surface area contributed by atoms with Crippen molar-refractivity contribution in [3.63, 3.8) is 0 Å². The molecule has 0 amide bonds. The first kappa shape index (κ1) is 58.0. The lowest BCUT2D eigenvalue weighted by atomic mass is 10.1. The molecule has 0 aliphatic rings. The quantitative estimate of drug-likeness (QED) is 0.0208. The van der Waals surface area contributed by atoms with Gasteiger partial charge in [-0.1, -0.05) is 166 Å². The Bertz CT molecular complexity index is 1280. The Hall–Kier alpha value is -3.01. The number of carbonyl (C=O) groups excluding carboxylic acids is 3. The number of allylic oxidation sites excluding steroid dienone is 4. The number of hydrogen-bond donors (Lipinski definition) is 0. The minimum Gasteiger partial charge on any atom is -0.465 e. The van der Waals surface area contributed by atoms with Crippen LogP contribution in [-0.2, 0) is 39.8 Å². The average molecular weight is 884 g/mol. The summed E-state index contributed by atoms with van der Waals surface area (Å²) in [5.41, 5.74) is 1.45. The van der Waals surface area contributed by atoms with E-state index in [1.807, 2.05) is 37.2 Å². The zero-order valence-electron chi connectivity index (χ0n) is 41.0. The lowest BCUT2D eigenvalue weighted by Gasteiger charge is -2.20. The number of ether oxygens (including phenoxy) is 5. The molecule has 0 spiro atoms. The molecule has 63 heavy (non-hydrogen) atoms. The van der Waals surface area contributed by atoms with Crippen LogP contribution in [0, 0.1) is 5.92 Å². The van der Waals surface area contributed by atoms with E-state index >= 15 is 0 Å². The Balaban J connectivity index is 2.59. The van der Waals surface area contributed by atoms with E-state index in [9.17, 15) is 14.4 Å². The molecule has 9 heteroatoms. The van der Waals surface area contributed by atoms with Crippen molar-refractivity contribution in [1.29, 1.82) is 0 Å². The third-order valence-electron chi connectivity index (χ3n) is 11.1. The normalized spacial score (nSPS) is 12.2. The van der Waals surface area contributed by atoms with E-state index in [0.29, 0.717) is 38.2 Å². The van der Waals surface area contributed by atoms with E-state index < -0.39 is 18.2 Å². The minimum absolute atomic E-state index is 0.00485. The van der Waals surface area contributed by atoms with Crippen molar-refractivity contribution in [2.24, 2.45) is 5.92 Å². The van der Waals surface area contributed by atoms with Crippen molar-refractivity contribution in [3.05, 3.63) is 59.7 Å². The highest BCUT2D eigenvalue weighted by Gasteiger charge is 2.20. The second-order valence-corrected chi connectivity index (χ2v) is 17.7. The molecule has 1 rings (SSSR count). The maximum atomic E-state index is 13.1. The Kier molecular flexibility index (Phi) is 39.5. The van der Waals surface area contributed by atoms with Gasteiger partial charge < -0.3 is 28.6 Å². The van der Waals surface area contributed by atoms with Gasteiger partial charge in [-0.3, -0.25) is 9.59 Å². The number of nitrogens with zero attached hydrogens (tertiary/aromatic N) is 1. The van der Waals surface area contributed by atoms with Crippen LogP contribution in [0.25, 0.3) is 0 Å². The summed E-state index contributed by atoms with van der Waals surface area (Å²) in [5.74, 6) is -1.65. The largest absolute Gasteiger partial charge is 0.465 e. The lowest BCUT2D eigenvalue weighted by molar-refractivity contribution is -0.161. The zero-order valence-corrected chi connectivity index (χ0v) is 41.0. The van der Waals surface area contributed by atoms with Crippen LogP contribution >= 0.6 is 0 Å². The first-order chi connectivity index (χ1) is 30.8. The van der Waals surface area contributed by atoms with Crippen LogP contribution in [-0.4, -0.2) is 76.2 Å². The molecule has 0 radical (unpaired) electrons. The van der Waals surface area contributed by atoms with Gasteiger partial charge in [-0.15, -0.1) is 0 Å². The van der Waals surface area contributed by atoms with E-state index in [4.69, 9.17) is 23.7 Å². The summed E-state index contributed by atoms with van der Waals surface area (Å²) in [6, 6.07) is 7.36. The molecule has 1 atom stereocenters. The van der Waals surface area contributed by atoms with Gasteiger partial charge in [0.15, 0.2) is 6.29 Å². The molecular formula is C54H93NO8. The summed E-state index contributed by atoms with van der Waals surface area (Å²) in [7, 11) is 3.95. The highest BCUT2D eigenvalue weighted by molar-refractivity contribution is 5.89. The maximum absolute atomic E-state index is 13.1. The Morgan fingerprint density at radius 2 is 1.03 bits per heavy atom. The van der Waals surface area contributed by atoms with Crippen LogP contribution < -0.4 is 0 Å². The van der Waals surface area contributed by atoms with Crippen LogP contribution in [0.3, 0.4) is 0 Å². The van der Waals surface area contributed by atoms with E-state index in [1.54, 1.807) is 6.07 Å². The van der Waals surface area contributed by atoms with E-state index in [-0.39, 0.29) is 38.2 Å². The number of carbonyl (C=O) groups is 3. The third-order valence-corrected chi connectivity index (χ3v) is 11.1. The first-order valence-corrected chi connectivity index (χ1v) is 25.5. The number of benzene rings is 1. The summed E-state index contributed by atoms with van der Waals surface area (Å²) in [5, 5.41) is 0. The van der Waals surface area contributed by atoms with Crippen molar-refractivity contribution >= 4 is 17.9 Å². The smallest absolute Gasteiger partial charge is 0.338 e. The molecule has 362 valence electrons. The van der Waals surface area contributed by atoms with Crippen LogP contribution in [0.1, 0.15) is 216 Å². The highest BCUT2D eigenvalue weighted by atomic mass is 16.7. The van der Waals surface area contributed by atoms with E-state index in [1.165, 1.54) is 103 Å². The van der Waals surface area contributed by atoms with Gasteiger partial charge in [0.2, 0.25) is 0 Å². The van der Waals surface area contributed by atoms with Crippen molar-refractivity contribution in [2.45, 2.75) is 213 Å². The van der Waals surface area contributed by atoms with Gasteiger partial charge in [-0.2, -0.15) is 0 Å². The molecule has 9 nitrogen and oxygen atoms in total. The fraction of sp³-hybridized carbons (Fsp3) is 0.759. The summed E-state index contributed by atoms with van der Waals surface area (Å²) in [6.07, 6.45) is 38.6. The SMILES string of the molecule is CCCCC/C=C\C/C=C\CCCCCCCCCC(=O)OCC(COC(=O)CCC(OCCCCCCCC)OCCCCCCCC)COC(=O)c1cccc(CN(C)C)c1. The van der Waals surface area contributed by atoms with Crippen molar-refractivity contribution in [2.75, 3.05) is 47.1 Å². The van der Waals surface area contributed by atoms with Gasteiger partial charge in [0, 0.05) is 32.6 Å². The molecule has 1 unspecified atom stereocenters. The Morgan fingerprint density at radius 3 is 1.60 bits per heavy atom. The summed E-state index contributed by atoms with van der Waals surface area (Å²) < 4.78 is 29.3. The molecule has 1 aromatic carbocycles. The summed E-state index contributed by atoms with van der Waals surface area (Å²) in [4.78, 5) is 41.0. The molecule has 0 fully saturated rings. The van der Waals surface area contributed by atoms with E-state index in [2.05, 4.69) is 45.1 Å². The zero-order chi connectivity index (χ0) is 45.9. The first-order valence-electron chi connectivity index (χ1n) is 25.5. The number of esters is 3. The van der Waals surface area contributed by atoms with Gasteiger partial charge in [0.05, 0.1) is 17.9 Å². The molecule has 0 aromatic heterocycles. The van der Waals surface area contributed by atoms with Gasteiger partial charge in [-0.05, 0) is 83.2 Å². The predicted molar refractivity (Wildman–Crippen MR) is 260 cm³/mol. The molecular weight excluding hydrogens is 791 g/mol. The molecule has 1 aromatic rings. The van der Waals surface area contributed by atoms with Gasteiger partial charge in [-0.25, -0.2) is 4.79 Å². The van der Waals surface area contributed by atoms with Crippen LogP contribution in [0.2, 0.25) is 0 Å². The Labute approximate surface area is 385 Å². The average Bonchev–Trinajstić information content (AvgIpc) is 3.27. The van der Waals surface area contributed by atoms with E-state index in [0.717, 1.165) is 63.4 Å². The van der Waals surface area contributed by atoms with Crippen molar-refractivity contribution in [3.8, 4) is 0 Å². The monoisotopic (exact) mass is 884 g/mol. The lowest BCUT2D eigenvalue weighted by Crippen LogP contribution is -2.27. The molecule has 0 aliphatic heterocycles. The Morgan fingerprint density at radius 1 is 0.556 bits per heavy atom. The molecule has 0 bridgehead atoms. The second-order valence-electron chi connectivity index (χ2n) is 17.7. The van der Waals surface area contributed by atoms with Crippen LogP contribution in [0.15, 0.2) is 48.6 Å². The fourth-order valence-electron chi connectivity index (χ4n) is 7.23. The van der Waals surface area contributed by atoms with Crippen molar-refractivity contribution in [1.82, 2.24) is 4.90 Å².